The topological polar surface area (TPSA) is 60.9 Å². The highest BCUT2D eigenvalue weighted by atomic mass is 35.5. The van der Waals surface area contributed by atoms with Crippen LogP contribution < -0.4 is 10.2 Å². The zero-order valence-electron chi connectivity index (χ0n) is 23.6. The van der Waals surface area contributed by atoms with Crippen LogP contribution in [0.15, 0.2) is 36.5 Å². The molecule has 10 heteroatoms. The molecule has 5 heterocycles. The Labute approximate surface area is 249 Å². The number of benzene rings is 1. The Kier molecular flexibility index (Phi) is 9.80. The summed E-state index contributed by atoms with van der Waals surface area (Å²) >= 11 is 0. The van der Waals surface area contributed by atoms with Crippen LogP contribution in [-0.4, -0.2) is 90.8 Å². The third-order valence-corrected chi connectivity index (χ3v) is 8.91. The van der Waals surface area contributed by atoms with Crippen molar-refractivity contribution in [3.63, 3.8) is 0 Å². The molecule has 40 heavy (non-hydrogen) atoms. The Morgan fingerprint density at radius 2 is 1.82 bits per heavy atom. The molecule has 0 saturated carbocycles. The number of ether oxygens (including phenoxy) is 1. The average Bonchev–Trinajstić information content (AvgIpc) is 3.27. The van der Waals surface area contributed by atoms with Crippen LogP contribution >= 0.6 is 24.8 Å². The molecule has 4 aliphatic rings. The van der Waals surface area contributed by atoms with E-state index in [1.165, 1.54) is 25.0 Å². The van der Waals surface area contributed by atoms with E-state index in [-0.39, 0.29) is 42.0 Å². The van der Waals surface area contributed by atoms with Crippen LogP contribution in [0, 0.1) is 5.82 Å². The highest BCUT2D eigenvalue weighted by molar-refractivity contribution is 5.97. The monoisotopic (exact) mass is 593 g/mol. The van der Waals surface area contributed by atoms with E-state index in [4.69, 9.17) is 9.72 Å². The van der Waals surface area contributed by atoms with E-state index in [1.54, 1.807) is 0 Å². The summed E-state index contributed by atoms with van der Waals surface area (Å²) in [5, 5.41) is 3.65. The molecular weight excluding hydrogens is 552 g/mol. The summed E-state index contributed by atoms with van der Waals surface area (Å²) in [7, 11) is 0. The molecule has 0 aliphatic carbocycles. The minimum absolute atomic E-state index is 0. The second kappa shape index (κ2) is 12.6. The number of nitrogens with one attached hydrogen (secondary N) is 1. The van der Waals surface area contributed by atoms with Gasteiger partial charge in [0.15, 0.2) is 0 Å². The standard InChI is InChI=1S/C30H40FN5O2.2ClH/c1-20-14-34(26(13-32-20)15-35-24-8-9-25(35)18-38-17-24)16-28(37)36-19-30(2,3)29-27(36)11-22(12-33-29)10-21-4-6-23(31)7-5-21;;/h4-7,11-12,20,24-26,32H,8-10,13-19H2,1-3H3;2*1H/t20-,24?,25?,26-;;/m1../s1. The lowest BCUT2D eigenvalue weighted by molar-refractivity contribution is -0.121. The smallest absolute Gasteiger partial charge is 0.241 e. The Bertz CT molecular complexity index is 1170. The van der Waals surface area contributed by atoms with Gasteiger partial charge in [0, 0.05) is 62.0 Å². The average molecular weight is 595 g/mol. The van der Waals surface area contributed by atoms with Gasteiger partial charge in [-0.2, -0.15) is 0 Å². The first-order valence-electron chi connectivity index (χ1n) is 14.1. The van der Waals surface area contributed by atoms with Crippen molar-refractivity contribution in [2.75, 3.05) is 50.8 Å². The number of piperazine rings is 1. The molecule has 7 nitrogen and oxygen atoms in total. The summed E-state index contributed by atoms with van der Waals surface area (Å²) in [4.78, 5) is 25.7. The first-order valence-corrected chi connectivity index (χ1v) is 14.1. The predicted molar refractivity (Wildman–Crippen MR) is 160 cm³/mol. The number of anilines is 1. The molecule has 2 unspecified atom stereocenters. The molecular formula is C30H42Cl2FN5O2. The fraction of sp³-hybridized carbons (Fsp3) is 0.600. The van der Waals surface area contributed by atoms with E-state index >= 15 is 0 Å². The third kappa shape index (κ3) is 6.32. The number of hydrogen-bond acceptors (Lipinski definition) is 6. The van der Waals surface area contributed by atoms with Gasteiger partial charge in [0.25, 0.3) is 0 Å². The van der Waals surface area contributed by atoms with Gasteiger partial charge in [-0.05, 0) is 55.5 Å². The minimum atomic E-state index is -0.235. The van der Waals surface area contributed by atoms with Crippen molar-refractivity contribution in [3.8, 4) is 0 Å². The van der Waals surface area contributed by atoms with E-state index < -0.39 is 0 Å². The molecule has 4 aliphatic heterocycles. The van der Waals surface area contributed by atoms with Gasteiger partial charge in [-0.15, -0.1) is 24.8 Å². The van der Waals surface area contributed by atoms with Crippen molar-refractivity contribution >= 4 is 36.4 Å². The van der Waals surface area contributed by atoms with Crippen molar-refractivity contribution in [3.05, 3.63) is 59.2 Å². The summed E-state index contributed by atoms with van der Waals surface area (Å²) < 4.78 is 19.2. The van der Waals surface area contributed by atoms with E-state index in [0.29, 0.717) is 43.7 Å². The number of hydrogen-bond donors (Lipinski definition) is 1. The molecule has 220 valence electrons. The van der Waals surface area contributed by atoms with Gasteiger partial charge < -0.3 is 15.0 Å². The van der Waals surface area contributed by atoms with Crippen LogP contribution in [0.5, 0.6) is 0 Å². The molecule has 0 spiro atoms. The molecule has 3 saturated heterocycles. The van der Waals surface area contributed by atoms with Crippen molar-refractivity contribution in [1.29, 1.82) is 0 Å². The number of carbonyl (C=O) groups excluding carboxylic acids is 1. The number of carbonyl (C=O) groups is 1. The molecule has 2 aromatic rings. The maximum absolute atomic E-state index is 13.9. The summed E-state index contributed by atoms with van der Waals surface area (Å²) in [5.41, 5.74) is 3.75. The van der Waals surface area contributed by atoms with Crippen LogP contribution in [0.4, 0.5) is 10.1 Å². The van der Waals surface area contributed by atoms with Gasteiger partial charge in [0.1, 0.15) is 5.82 Å². The maximum Gasteiger partial charge on any atom is 0.241 e. The molecule has 0 radical (unpaired) electrons. The van der Waals surface area contributed by atoms with Crippen molar-refractivity contribution in [1.82, 2.24) is 20.1 Å². The van der Waals surface area contributed by atoms with Crippen LogP contribution in [-0.2, 0) is 21.4 Å². The second-order valence-corrected chi connectivity index (χ2v) is 12.4. The molecule has 6 rings (SSSR count). The normalized spacial score (nSPS) is 27.6. The van der Waals surface area contributed by atoms with Gasteiger partial charge in [-0.25, -0.2) is 4.39 Å². The number of rotatable bonds is 6. The van der Waals surface area contributed by atoms with Crippen molar-refractivity contribution < 1.29 is 13.9 Å². The summed E-state index contributed by atoms with van der Waals surface area (Å²) in [6.45, 7) is 12.0. The first kappa shape index (κ1) is 31.1. The fourth-order valence-corrected chi connectivity index (χ4v) is 6.85. The maximum atomic E-state index is 13.9. The molecule has 1 aromatic carbocycles. The molecule has 1 N–H and O–H groups in total. The predicted octanol–water partition coefficient (Wildman–Crippen LogP) is 3.80. The summed E-state index contributed by atoms with van der Waals surface area (Å²) in [6, 6.07) is 10.4. The number of aromatic nitrogens is 1. The number of halogens is 3. The summed E-state index contributed by atoms with van der Waals surface area (Å²) in [5.74, 6) is -0.0947. The molecule has 3 fully saturated rings. The van der Waals surface area contributed by atoms with Crippen LogP contribution in [0.2, 0.25) is 0 Å². The lowest BCUT2D eigenvalue weighted by Gasteiger charge is -2.44. The Morgan fingerprint density at radius 1 is 1.12 bits per heavy atom. The Hall–Kier alpha value is -1.81. The first-order chi connectivity index (χ1) is 18.3. The Balaban J connectivity index is 0.00000185. The number of pyridine rings is 1. The SMILES string of the molecule is C[C@@H]1CN(CC(=O)N2CC(C)(C)c3ncc(Cc4ccc(F)cc4)cc32)[C@@H](CN2C3CCC2COC3)CN1.Cl.Cl. The van der Waals surface area contributed by atoms with E-state index in [0.717, 1.165) is 55.4 Å². The number of fused-ring (bicyclic) bond motifs is 3. The van der Waals surface area contributed by atoms with Crippen LogP contribution in [0.1, 0.15) is 50.4 Å². The lowest BCUT2D eigenvalue weighted by Crippen LogP contribution is -2.62. The Morgan fingerprint density at radius 3 is 2.52 bits per heavy atom. The highest BCUT2D eigenvalue weighted by Crippen LogP contribution is 2.40. The second-order valence-electron chi connectivity index (χ2n) is 12.4. The molecule has 2 bridgehead atoms. The molecule has 1 aromatic heterocycles. The largest absolute Gasteiger partial charge is 0.378 e. The van der Waals surface area contributed by atoms with E-state index in [9.17, 15) is 9.18 Å². The third-order valence-electron chi connectivity index (χ3n) is 8.91. The van der Waals surface area contributed by atoms with Gasteiger partial charge in [-0.3, -0.25) is 19.6 Å². The number of amides is 1. The quantitative estimate of drug-likeness (QED) is 0.550. The van der Waals surface area contributed by atoms with Crippen LogP contribution in [0.3, 0.4) is 0 Å². The van der Waals surface area contributed by atoms with Gasteiger partial charge >= 0.3 is 0 Å². The van der Waals surface area contributed by atoms with Gasteiger partial charge in [-0.1, -0.05) is 26.0 Å². The molecule has 1 amide bonds. The van der Waals surface area contributed by atoms with Gasteiger partial charge in [0.2, 0.25) is 5.91 Å². The lowest BCUT2D eigenvalue weighted by atomic mass is 9.91. The van der Waals surface area contributed by atoms with Crippen LogP contribution in [0.25, 0.3) is 0 Å². The van der Waals surface area contributed by atoms with Crippen molar-refractivity contribution in [2.24, 2.45) is 0 Å². The fourth-order valence-electron chi connectivity index (χ4n) is 6.85. The highest BCUT2D eigenvalue weighted by Gasteiger charge is 2.42. The van der Waals surface area contributed by atoms with E-state index in [2.05, 4.69) is 42.0 Å². The minimum Gasteiger partial charge on any atom is -0.378 e. The van der Waals surface area contributed by atoms with E-state index in [1.807, 2.05) is 23.2 Å². The number of morpholine rings is 1. The summed E-state index contributed by atoms with van der Waals surface area (Å²) in [6.07, 6.45) is 4.99. The number of nitrogens with zero attached hydrogens (tertiary/aromatic N) is 4. The zero-order valence-corrected chi connectivity index (χ0v) is 25.3. The molecule has 4 atom stereocenters. The van der Waals surface area contributed by atoms with Crippen molar-refractivity contribution in [2.45, 2.75) is 69.6 Å². The van der Waals surface area contributed by atoms with Gasteiger partial charge in [0.05, 0.1) is 31.1 Å². The zero-order chi connectivity index (χ0) is 26.4.